The highest BCUT2D eigenvalue weighted by atomic mass is 32.2. The van der Waals surface area contributed by atoms with E-state index in [2.05, 4.69) is 20.9 Å². The minimum absolute atomic E-state index is 0.0568. The van der Waals surface area contributed by atoms with Crippen molar-refractivity contribution >= 4 is 23.6 Å². The number of hydrogen-bond acceptors (Lipinski definition) is 8. The number of nitrogens with one attached hydrogen (secondary N) is 3. The Hall–Kier alpha value is -3.80. The van der Waals surface area contributed by atoms with Crippen molar-refractivity contribution in [2.24, 2.45) is 0 Å². The molecule has 1 aromatic heterocycles. The average Bonchev–Trinajstić information content (AvgIpc) is 3.01. The monoisotopic (exact) mass is 604 g/mol. The van der Waals surface area contributed by atoms with Crippen molar-refractivity contribution < 1.29 is 23.6 Å². The molecule has 0 spiro atoms. The summed E-state index contributed by atoms with van der Waals surface area (Å²) in [7, 11) is 1.53. The number of aromatic nitrogens is 1. The molecule has 4 rings (SSSR count). The van der Waals surface area contributed by atoms with Gasteiger partial charge < -0.3 is 30.3 Å². The van der Waals surface area contributed by atoms with E-state index in [1.165, 1.54) is 13.2 Å². The van der Waals surface area contributed by atoms with Crippen LogP contribution >= 0.6 is 12.0 Å². The Bertz CT molecular complexity index is 1550. The summed E-state index contributed by atoms with van der Waals surface area (Å²) >= 11 is 0.739. The van der Waals surface area contributed by atoms with Gasteiger partial charge in [0.15, 0.2) is 0 Å². The highest BCUT2D eigenvalue weighted by Crippen LogP contribution is 2.37. The number of hydrogen-bond donors (Lipinski definition) is 5. The molecule has 0 aliphatic rings. The molecular weight excluding hydrogens is 567 g/mol. The maximum Gasteiger partial charge on any atom is 0.274 e. The summed E-state index contributed by atoms with van der Waals surface area (Å²) in [4.78, 5) is 17.3. The Morgan fingerprint density at radius 1 is 0.953 bits per heavy atom. The topological polar surface area (TPSA) is 116 Å². The molecule has 3 aromatic carbocycles. The predicted molar refractivity (Wildman–Crippen MR) is 171 cm³/mol. The van der Waals surface area contributed by atoms with Crippen LogP contribution in [0.25, 0.3) is 22.3 Å². The largest absolute Gasteiger partial charge is 0.496 e. The maximum absolute atomic E-state index is 15.3. The molecule has 0 fully saturated rings. The molecule has 1 heterocycles. The van der Waals surface area contributed by atoms with Crippen LogP contribution in [-0.4, -0.2) is 53.1 Å². The van der Waals surface area contributed by atoms with Gasteiger partial charge in [-0.3, -0.25) is 9.78 Å². The highest BCUT2D eigenvalue weighted by molar-refractivity contribution is 7.93. The van der Waals surface area contributed by atoms with Crippen LogP contribution in [0, 0.1) is 19.7 Å². The Kier molecular flexibility index (Phi) is 11.7. The van der Waals surface area contributed by atoms with E-state index in [-0.39, 0.29) is 24.9 Å². The number of rotatable bonds is 14. The summed E-state index contributed by atoms with van der Waals surface area (Å²) < 4.78 is 29.7. The fourth-order valence-electron chi connectivity index (χ4n) is 4.92. The molecule has 0 saturated heterocycles. The maximum atomic E-state index is 15.3. The molecule has 226 valence electrons. The zero-order chi connectivity index (χ0) is 30.8. The molecule has 1 amide bonds. The van der Waals surface area contributed by atoms with Crippen LogP contribution in [0.1, 0.15) is 32.7 Å². The van der Waals surface area contributed by atoms with Crippen LogP contribution in [0.2, 0.25) is 0 Å². The second-order valence-electron chi connectivity index (χ2n) is 10.0. The number of nitrogens with zero attached hydrogens (tertiary/aromatic N) is 1. The lowest BCUT2D eigenvalue weighted by atomic mass is 9.90. The number of benzene rings is 3. The Morgan fingerprint density at radius 2 is 1.67 bits per heavy atom. The summed E-state index contributed by atoms with van der Waals surface area (Å²) in [6, 6.07) is 18.6. The summed E-state index contributed by atoms with van der Waals surface area (Å²) in [5, 5.41) is 18.1. The number of halogens is 1. The second-order valence-corrected chi connectivity index (χ2v) is 10.7. The number of carbonyl (C=O) groups excluding carboxylic acids is 1. The minimum Gasteiger partial charge on any atom is -0.496 e. The number of ether oxygens (including phenoxy) is 1. The van der Waals surface area contributed by atoms with Gasteiger partial charge in [-0.25, -0.2) is 4.39 Å². The van der Waals surface area contributed by atoms with E-state index >= 15 is 4.39 Å². The summed E-state index contributed by atoms with van der Waals surface area (Å²) in [6.45, 7) is 5.89. The van der Waals surface area contributed by atoms with Gasteiger partial charge >= 0.3 is 0 Å². The fourth-order valence-corrected chi connectivity index (χ4v) is 5.15. The molecule has 8 nitrogen and oxygen atoms in total. The third-order valence-electron chi connectivity index (χ3n) is 7.24. The Labute approximate surface area is 255 Å². The highest BCUT2D eigenvalue weighted by Gasteiger charge is 2.17. The summed E-state index contributed by atoms with van der Waals surface area (Å²) in [6.07, 6.45) is 1.65. The molecule has 0 aliphatic heterocycles. The molecule has 0 aliphatic carbocycles. The third-order valence-corrected chi connectivity index (χ3v) is 7.63. The lowest BCUT2D eigenvalue weighted by Crippen LogP contribution is -2.18. The number of methoxy groups -OCH3 is 1. The first-order chi connectivity index (χ1) is 20.9. The van der Waals surface area contributed by atoms with Gasteiger partial charge in [-0.1, -0.05) is 36.4 Å². The predicted octanol–water partition coefficient (Wildman–Crippen LogP) is 5.81. The van der Waals surface area contributed by atoms with Crippen LogP contribution in [-0.2, 0) is 13.1 Å². The van der Waals surface area contributed by atoms with Crippen LogP contribution in [0.5, 0.6) is 5.75 Å². The first-order valence-electron chi connectivity index (χ1n) is 14.0. The standard InChI is InChI=1S/C33H37FN4O4S/c1-21-25(24-16-29(34)28(32(17-24)42-3)20-36-13-15-43-41)6-4-7-26(21)27-8-5-9-30(22(27)2)38-33(40)31-11-10-23(19-37-31)18-35-12-14-39/h4-11,16-17,19,35-36,39,41H,12-15,18,20H2,1-3H3,(H,38,40). The number of carbonyl (C=O) groups is 1. The van der Waals surface area contributed by atoms with E-state index in [0.29, 0.717) is 53.6 Å². The Balaban J connectivity index is 1.58. The molecule has 0 bridgehead atoms. The first kappa shape index (κ1) is 32.1. The lowest BCUT2D eigenvalue weighted by Gasteiger charge is -2.18. The number of aliphatic hydroxyl groups excluding tert-OH is 1. The molecule has 4 aromatic rings. The smallest absolute Gasteiger partial charge is 0.274 e. The van der Waals surface area contributed by atoms with Crippen LogP contribution in [0.3, 0.4) is 0 Å². The number of anilines is 1. The molecular formula is C33H37FN4O4S. The third kappa shape index (κ3) is 7.98. The van der Waals surface area contributed by atoms with Gasteiger partial charge in [-0.15, -0.1) is 0 Å². The van der Waals surface area contributed by atoms with Gasteiger partial charge in [-0.2, -0.15) is 0 Å². The van der Waals surface area contributed by atoms with Crippen molar-refractivity contribution in [1.29, 1.82) is 0 Å². The van der Waals surface area contributed by atoms with Gasteiger partial charge in [0.1, 0.15) is 17.3 Å². The van der Waals surface area contributed by atoms with Gasteiger partial charge in [0, 0.05) is 49.4 Å². The van der Waals surface area contributed by atoms with E-state index in [0.717, 1.165) is 45.4 Å². The molecule has 10 heteroatoms. The van der Waals surface area contributed by atoms with Gasteiger partial charge in [-0.05, 0) is 89.1 Å². The zero-order valence-electron chi connectivity index (χ0n) is 24.5. The van der Waals surface area contributed by atoms with Gasteiger partial charge in [0.25, 0.3) is 5.91 Å². The second kappa shape index (κ2) is 15.6. The van der Waals surface area contributed by atoms with Crippen molar-refractivity contribution in [3.8, 4) is 28.0 Å². The van der Waals surface area contributed by atoms with Crippen molar-refractivity contribution in [3.63, 3.8) is 0 Å². The van der Waals surface area contributed by atoms with Crippen LogP contribution in [0.15, 0.2) is 66.9 Å². The number of amides is 1. The van der Waals surface area contributed by atoms with Crippen molar-refractivity contribution in [3.05, 3.63) is 101 Å². The quantitative estimate of drug-likeness (QED) is 0.0905. The molecule has 0 radical (unpaired) electrons. The van der Waals surface area contributed by atoms with Crippen LogP contribution in [0.4, 0.5) is 10.1 Å². The van der Waals surface area contributed by atoms with E-state index in [1.54, 1.807) is 12.3 Å². The van der Waals surface area contributed by atoms with Crippen molar-refractivity contribution in [2.75, 3.05) is 37.9 Å². The normalized spacial score (nSPS) is 11.0. The summed E-state index contributed by atoms with van der Waals surface area (Å²) in [5.41, 5.74) is 7.68. The van der Waals surface area contributed by atoms with E-state index < -0.39 is 0 Å². The number of aliphatic hydroxyl groups is 1. The fraction of sp³-hybridized carbons (Fsp3) is 0.273. The van der Waals surface area contributed by atoms with Gasteiger partial charge in [0.2, 0.25) is 0 Å². The molecule has 5 N–H and O–H groups in total. The Morgan fingerprint density at radius 3 is 2.37 bits per heavy atom. The molecule has 43 heavy (non-hydrogen) atoms. The number of pyridine rings is 1. The molecule has 0 atom stereocenters. The zero-order valence-corrected chi connectivity index (χ0v) is 25.4. The first-order valence-corrected chi connectivity index (χ1v) is 14.9. The van der Waals surface area contributed by atoms with E-state index in [4.69, 9.17) is 14.4 Å². The van der Waals surface area contributed by atoms with Crippen molar-refractivity contribution in [2.45, 2.75) is 26.9 Å². The summed E-state index contributed by atoms with van der Waals surface area (Å²) in [5.74, 6) is 0.278. The molecule has 0 saturated carbocycles. The molecule has 0 unspecified atom stereocenters. The SMILES string of the molecule is COc1cc(-c2cccc(-c3cccc(NC(=O)c4ccc(CNCCO)cn4)c3C)c2C)cc(F)c1CNCCSO. The average molecular weight is 605 g/mol. The van der Waals surface area contributed by atoms with E-state index in [1.807, 2.05) is 62.4 Å². The minimum atomic E-state index is -0.368. The van der Waals surface area contributed by atoms with E-state index in [9.17, 15) is 4.79 Å². The lowest BCUT2D eigenvalue weighted by molar-refractivity contribution is 0.102. The van der Waals surface area contributed by atoms with Crippen molar-refractivity contribution in [1.82, 2.24) is 15.6 Å². The van der Waals surface area contributed by atoms with Gasteiger partial charge in [0.05, 0.1) is 13.7 Å². The van der Waals surface area contributed by atoms with Crippen LogP contribution < -0.4 is 20.7 Å².